The van der Waals surface area contributed by atoms with Crippen molar-refractivity contribution in [1.29, 1.82) is 0 Å². The molecule has 0 heterocycles. The van der Waals surface area contributed by atoms with Gasteiger partial charge in [-0.3, -0.25) is 4.79 Å². The van der Waals surface area contributed by atoms with Gasteiger partial charge in [-0.2, -0.15) is 0 Å². The number of phenols is 1. The molecule has 0 fully saturated rings. The largest absolute Gasteiger partial charge is 0.504 e. The molecule has 0 saturated carbocycles. The summed E-state index contributed by atoms with van der Waals surface area (Å²) in [7, 11) is 3.05. The van der Waals surface area contributed by atoms with Gasteiger partial charge < -0.3 is 14.6 Å². The summed E-state index contributed by atoms with van der Waals surface area (Å²) in [6.45, 7) is 0. The number of carbonyl (C=O) groups excluding carboxylic acids is 1. The number of allylic oxidation sites excluding steroid dienone is 2. The first-order chi connectivity index (χ1) is 9.13. The van der Waals surface area contributed by atoms with Crippen LogP contribution in [0, 0.1) is 5.92 Å². The van der Waals surface area contributed by atoms with Crippen LogP contribution in [0.4, 0.5) is 0 Å². The van der Waals surface area contributed by atoms with Crippen molar-refractivity contribution in [3.8, 4) is 11.5 Å². The molecule has 0 aliphatic heterocycles. The second-order valence-corrected chi connectivity index (χ2v) is 4.67. The van der Waals surface area contributed by atoms with Crippen LogP contribution < -0.4 is 4.74 Å². The number of ketones is 1. The van der Waals surface area contributed by atoms with E-state index in [1.807, 2.05) is 18.2 Å². The minimum absolute atomic E-state index is 0.0713. The Morgan fingerprint density at radius 1 is 1.32 bits per heavy atom. The van der Waals surface area contributed by atoms with Crippen LogP contribution >= 0.6 is 0 Å². The predicted molar refractivity (Wildman–Crippen MR) is 71.2 cm³/mol. The Kier molecular flexibility index (Phi) is 4.10. The third-order valence-corrected chi connectivity index (χ3v) is 3.37. The number of ether oxygens (including phenoxy) is 2. The van der Waals surface area contributed by atoms with Crippen molar-refractivity contribution >= 4 is 5.78 Å². The number of benzene rings is 1. The molecule has 0 aromatic heterocycles. The first-order valence-electron chi connectivity index (χ1n) is 6.29. The summed E-state index contributed by atoms with van der Waals surface area (Å²) in [5.41, 5.74) is 1.07. The van der Waals surface area contributed by atoms with Crippen molar-refractivity contribution in [2.75, 3.05) is 14.2 Å². The number of phenolic OH excluding ortho intramolecular Hbond substituents is 1. The molecule has 4 nitrogen and oxygen atoms in total. The number of rotatable bonds is 4. The van der Waals surface area contributed by atoms with Gasteiger partial charge in [0.15, 0.2) is 23.0 Å². The van der Waals surface area contributed by atoms with Crippen molar-refractivity contribution in [2.45, 2.75) is 19.3 Å². The van der Waals surface area contributed by atoms with E-state index in [1.165, 1.54) is 14.2 Å². The first kappa shape index (κ1) is 13.5. The van der Waals surface area contributed by atoms with E-state index in [2.05, 4.69) is 0 Å². The Hall–Kier alpha value is -1.97. The van der Waals surface area contributed by atoms with Gasteiger partial charge in [0, 0.05) is 6.42 Å². The Morgan fingerprint density at radius 3 is 2.79 bits per heavy atom. The molecule has 0 spiro atoms. The number of aromatic hydroxyl groups is 1. The minimum atomic E-state index is 0.0713. The maximum atomic E-state index is 11.5. The zero-order chi connectivity index (χ0) is 13.8. The summed E-state index contributed by atoms with van der Waals surface area (Å²) in [6, 6.07) is 5.32. The van der Waals surface area contributed by atoms with Crippen LogP contribution in [0.15, 0.2) is 30.0 Å². The maximum Gasteiger partial charge on any atom is 0.197 e. The molecular formula is C15H18O4. The molecule has 0 amide bonds. The van der Waals surface area contributed by atoms with Gasteiger partial charge in [-0.1, -0.05) is 6.07 Å². The van der Waals surface area contributed by atoms with Crippen molar-refractivity contribution in [3.63, 3.8) is 0 Å². The smallest absolute Gasteiger partial charge is 0.197 e. The Labute approximate surface area is 112 Å². The molecule has 1 aromatic carbocycles. The van der Waals surface area contributed by atoms with Crippen LogP contribution in [0.1, 0.15) is 18.4 Å². The van der Waals surface area contributed by atoms with Gasteiger partial charge in [0.25, 0.3) is 0 Å². The SMILES string of the molecule is COC1=CC(Cc2ccc(O)c(OC)c2)CCC1=O. The predicted octanol–water partition coefficient (Wildman–Crippen LogP) is 2.45. The quantitative estimate of drug-likeness (QED) is 0.905. The zero-order valence-corrected chi connectivity index (χ0v) is 11.2. The third-order valence-electron chi connectivity index (χ3n) is 3.37. The average Bonchev–Trinajstić information content (AvgIpc) is 2.43. The van der Waals surface area contributed by atoms with Crippen molar-refractivity contribution in [1.82, 2.24) is 0 Å². The highest BCUT2D eigenvalue weighted by molar-refractivity contribution is 5.94. The summed E-state index contributed by atoms with van der Waals surface area (Å²) >= 11 is 0. The molecule has 1 N–H and O–H groups in total. The molecule has 0 radical (unpaired) electrons. The van der Waals surface area contributed by atoms with E-state index in [0.29, 0.717) is 17.9 Å². The van der Waals surface area contributed by atoms with Crippen LogP contribution in [0.5, 0.6) is 11.5 Å². The molecule has 1 aromatic rings. The van der Waals surface area contributed by atoms with E-state index in [-0.39, 0.29) is 17.5 Å². The van der Waals surface area contributed by atoms with Gasteiger partial charge in [-0.05, 0) is 42.5 Å². The van der Waals surface area contributed by atoms with Crippen molar-refractivity contribution < 1.29 is 19.4 Å². The number of hydrogen-bond donors (Lipinski definition) is 1. The van der Waals surface area contributed by atoms with Gasteiger partial charge in [0.05, 0.1) is 14.2 Å². The van der Waals surface area contributed by atoms with Crippen LogP contribution in [0.2, 0.25) is 0 Å². The molecule has 102 valence electrons. The lowest BCUT2D eigenvalue weighted by molar-refractivity contribution is -0.119. The zero-order valence-electron chi connectivity index (χ0n) is 11.2. The molecule has 0 bridgehead atoms. The summed E-state index contributed by atoms with van der Waals surface area (Å²) < 4.78 is 10.2. The third kappa shape index (κ3) is 3.08. The Bertz CT molecular complexity index is 505. The number of carbonyl (C=O) groups is 1. The van der Waals surface area contributed by atoms with Gasteiger partial charge >= 0.3 is 0 Å². The van der Waals surface area contributed by atoms with E-state index >= 15 is 0 Å². The Balaban J connectivity index is 2.13. The summed E-state index contributed by atoms with van der Waals surface area (Å²) in [4.78, 5) is 11.5. The van der Waals surface area contributed by atoms with Gasteiger partial charge in [0.1, 0.15) is 0 Å². The van der Waals surface area contributed by atoms with Gasteiger partial charge in [-0.15, -0.1) is 0 Å². The van der Waals surface area contributed by atoms with E-state index in [0.717, 1.165) is 18.4 Å². The monoisotopic (exact) mass is 262 g/mol. The molecule has 1 unspecified atom stereocenters. The molecular weight excluding hydrogens is 244 g/mol. The standard InChI is InChI=1S/C15H18O4/c1-18-14-8-10(3-5-12(14)16)7-11-4-6-13(17)15(9-11)19-2/h3,5,8-9,11,16H,4,6-7H2,1-2H3. The van der Waals surface area contributed by atoms with Crippen LogP contribution in [-0.2, 0) is 16.0 Å². The second kappa shape index (κ2) is 5.78. The molecule has 2 rings (SSSR count). The highest BCUT2D eigenvalue weighted by atomic mass is 16.5. The lowest BCUT2D eigenvalue weighted by atomic mass is 9.88. The molecule has 1 aliphatic rings. The van der Waals surface area contributed by atoms with E-state index < -0.39 is 0 Å². The molecule has 4 heteroatoms. The van der Waals surface area contributed by atoms with Crippen LogP contribution in [0.3, 0.4) is 0 Å². The molecule has 1 atom stereocenters. The number of hydrogen-bond acceptors (Lipinski definition) is 4. The fraction of sp³-hybridized carbons (Fsp3) is 0.400. The highest BCUT2D eigenvalue weighted by Gasteiger charge is 2.21. The van der Waals surface area contributed by atoms with E-state index in [9.17, 15) is 9.90 Å². The lowest BCUT2D eigenvalue weighted by Gasteiger charge is -2.19. The normalized spacial score (nSPS) is 18.9. The fourth-order valence-corrected chi connectivity index (χ4v) is 2.32. The highest BCUT2D eigenvalue weighted by Crippen LogP contribution is 2.29. The summed E-state index contributed by atoms with van der Waals surface area (Å²) in [5.74, 6) is 1.42. The summed E-state index contributed by atoms with van der Waals surface area (Å²) in [5, 5.41) is 9.55. The Morgan fingerprint density at radius 2 is 2.11 bits per heavy atom. The van der Waals surface area contributed by atoms with Gasteiger partial charge in [0.2, 0.25) is 0 Å². The second-order valence-electron chi connectivity index (χ2n) is 4.67. The molecule has 1 aliphatic carbocycles. The van der Waals surface area contributed by atoms with E-state index in [1.54, 1.807) is 6.07 Å². The van der Waals surface area contributed by atoms with Gasteiger partial charge in [-0.25, -0.2) is 0 Å². The fourth-order valence-electron chi connectivity index (χ4n) is 2.32. The lowest BCUT2D eigenvalue weighted by Crippen LogP contribution is -2.16. The minimum Gasteiger partial charge on any atom is -0.504 e. The van der Waals surface area contributed by atoms with E-state index in [4.69, 9.17) is 9.47 Å². The number of methoxy groups -OCH3 is 2. The van der Waals surface area contributed by atoms with Crippen LogP contribution in [0.25, 0.3) is 0 Å². The van der Waals surface area contributed by atoms with Crippen molar-refractivity contribution in [2.24, 2.45) is 5.92 Å². The summed E-state index contributed by atoms with van der Waals surface area (Å²) in [6.07, 6.45) is 4.05. The van der Waals surface area contributed by atoms with Crippen LogP contribution in [-0.4, -0.2) is 25.1 Å². The molecule has 0 saturated heterocycles. The topological polar surface area (TPSA) is 55.8 Å². The van der Waals surface area contributed by atoms with Crippen molar-refractivity contribution in [3.05, 3.63) is 35.6 Å². The first-order valence-corrected chi connectivity index (χ1v) is 6.29. The average molecular weight is 262 g/mol. The number of Topliss-reactive ketones (excluding diaryl/α,β-unsaturated/α-hetero) is 1. The molecule has 19 heavy (non-hydrogen) atoms. The maximum absolute atomic E-state index is 11.5.